The second kappa shape index (κ2) is 12.3. The Morgan fingerprint density at radius 1 is 1.23 bits per heavy atom. The highest BCUT2D eigenvalue weighted by Gasteiger charge is 2.24. The fourth-order valence-corrected chi connectivity index (χ4v) is 3.52. The number of hydrogen-bond donors (Lipinski definition) is 2. The summed E-state index contributed by atoms with van der Waals surface area (Å²) in [7, 11) is 0. The van der Waals surface area contributed by atoms with Crippen LogP contribution in [-0.4, -0.2) is 36.1 Å². The number of ether oxygens (including phenoxy) is 1. The van der Waals surface area contributed by atoms with Crippen LogP contribution in [0.2, 0.25) is 0 Å². The van der Waals surface area contributed by atoms with Gasteiger partial charge >= 0.3 is 0 Å². The average molecular weight is 424 g/mol. The standard InChI is InChI=1S/C26H33NO4/c28-22(19-31-23-8-4-3-5-9-23)16-14-21-15-17-25(29)24(21)10-6-1-2-7-11-26(30)27-18-20-12-13-20/h1,3-6,8-9,14-16,20,22,24,28H,2,7,10-13,17-19H2,(H,27,30)/b6-1-,16-14+/t22-,24-/m1/s1. The van der Waals surface area contributed by atoms with Gasteiger partial charge in [0.15, 0.2) is 0 Å². The van der Waals surface area contributed by atoms with E-state index in [-0.39, 0.29) is 24.2 Å². The Hall–Kier alpha value is -2.66. The Labute approximate surface area is 184 Å². The van der Waals surface area contributed by atoms with E-state index in [0.717, 1.165) is 25.0 Å². The van der Waals surface area contributed by atoms with Crippen molar-refractivity contribution in [3.05, 3.63) is 66.3 Å². The smallest absolute Gasteiger partial charge is 0.220 e. The molecule has 0 aliphatic heterocycles. The molecule has 5 heteroatoms. The van der Waals surface area contributed by atoms with Crippen LogP contribution in [-0.2, 0) is 9.59 Å². The van der Waals surface area contributed by atoms with Gasteiger partial charge in [-0.25, -0.2) is 0 Å². The van der Waals surface area contributed by atoms with Crippen molar-refractivity contribution in [1.82, 2.24) is 5.32 Å². The molecular formula is C26H33NO4. The zero-order valence-electron chi connectivity index (χ0n) is 18.0. The normalized spacial score (nSPS) is 19.7. The molecule has 0 heterocycles. The van der Waals surface area contributed by atoms with Crippen LogP contribution in [0.5, 0.6) is 5.75 Å². The fourth-order valence-electron chi connectivity index (χ4n) is 3.52. The third-order valence-corrected chi connectivity index (χ3v) is 5.60. The van der Waals surface area contributed by atoms with Crippen LogP contribution in [0.3, 0.4) is 0 Å². The number of ketones is 1. The minimum atomic E-state index is -0.737. The van der Waals surface area contributed by atoms with Gasteiger partial charge in [0, 0.05) is 25.3 Å². The third-order valence-electron chi connectivity index (χ3n) is 5.60. The molecule has 2 N–H and O–H groups in total. The van der Waals surface area contributed by atoms with Crippen LogP contribution in [0.15, 0.2) is 66.3 Å². The molecule has 2 aliphatic carbocycles. The second-order valence-electron chi connectivity index (χ2n) is 8.32. The lowest BCUT2D eigenvalue weighted by Crippen LogP contribution is -2.24. The van der Waals surface area contributed by atoms with Gasteiger partial charge in [-0.15, -0.1) is 0 Å². The number of hydrogen-bond acceptors (Lipinski definition) is 4. The molecule has 2 atom stereocenters. The Morgan fingerprint density at radius 2 is 2.03 bits per heavy atom. The molecule has 1 aromatic rings. The predicted molar refractivity (Wildman–Crippen MR) is 122 cm³/mol. The Balaban J connectivity index is 1.34. The Bertz CT molecular complexity index is 808. The molecule has 3 rings (SSSR count). The predicted octanol–water partition coefficient (Wildman–Crippen LogP) is 4.14. The molecule has 0 unspecified atom stereocenters. The summed E-state index contributed by atoms with van der Waals surface area (Å²) < 4.78 is 5.55. The Kier molecular flexibility index (Phi) is 9.10. The van der Waals surface area contributed by atoms with Crippen molar-refractivity contribution in [3.63, 3.8) is 0 Å². The van der Waals surface area contributed by atoms with Gasteiger partial charge in [-0.1, -0.05) is 48.6 Å². The molecule has 1 saturated carbocycles. The SMILES string of the molecule is O=C(CCC/C=C\C[C@H]1C(=O)CC=C1/C=C/[C@@H](O)COc1ccccc1)NCC1CC1. The molecule has 0 spiro atoms. The maximum absolute atomic E-state index is 12.2. The van der Waals surface area contributed by atoms with Crippen molar-refractivity contribution < 1.29 is 19.4 Å². The number of amides is 1. The third kappa shape index (κ3) is 8.54. The van der Waals surface area contributed by atoms with Gasteiger partial charge in [-0.2, -0.15) is 0 Å². The number of Topliss-reactive ketones (excluding diaryl/α,β-unsaturated/α-hetero) is 1. The van der Waals surface area contributed by atoms with Gasteiger partial charge in [0.2, 0.25) is 5.91 Å². The number of unbranched alkanes of at least 4 members (excludes halogenated alkanes) is 1. The van der Waals surface area contributed by atoms with Crippen LogP contribution in [0.1, 0.15) is 44.9 Å². The number of aliphatic hydroxyl groups is 1. The van der Waals surface area contributed by atoms with E-state index in [0.29, 0.717) is 30.9 Å². The summed E-state index contributed by atoms with van der Waals surface area (Å²) in [4.78, 5) is 24.0. The number of carbonyl (C=O) groups excluding carboxylic acids is 2. The number of allylic oxidation sites excluding steroid dienone is 5. The van der Waals surface area contributed by atoms with Gasteiger partial charge in [-0.05, 0) is 55.7 Å². The molecule has 1 aromatic carbocycles. The maximum atomic E-state index is 12.2. The van der Waals surface area contributed by atoms with E-state index in [1.807, 2.05) is 48.6 Å². The number of carbonyl (C=O) groups is 2. The van der Waals surface area contributed by atoms with E-state index >= 15 is 0 Å². The highest BCUT2D eigenvalue weighted by Crippen LogP contribution is 2.28. The number of rotatable bonds is 13. The van der Waals surface area contributed by atoms with E-state index < -0.39 is 6.10 Å². The van der Waals surface area contributed by atoms with E-state index in [1.165, 1.54) is 12.8 Å². The molecule has 31 heavy (non-hydrogen) atoms. The molecule has 166 valence electrons. The molecular weight excluding hydrogens is 390 g/mol. The highest BCUT2D eigenvalue weighted by atomic mass is 16.5. The van der Waals surface area contributed by atoms with Gasteiger partial charge < -0.3 is 15.2 Å². The molecule has 0 radical (unpaired) electrons. The summed E-state index contributed by atoms with van der Waals surface area (Å²) in [6.07, 6.45) is 14.6. The van der Waals surface area contributed by atoms with Gasteiger partial charge in [0.25, 0.3) is 0 Å². The first kappa shape index (κ1) is 23.0. The first-order valence-corrected chi connectivity index (χ1v) is 11.3. The van der Waals surface area contributed by atoms with Crippen LogP contribution in [0.4, 0.5) is 0 Å². The topological polar surface area (TPSA) is 75.6 Å². The van der Waals surface area contributed by atoms with Crippen molar-refractivity contribution in [2.24, 2.45) is 11.8 Å². The summed E-state index contributed by atoms with van der Waals surface area (Å²) >= 11 is 0. The zero-order chi connectivity index (χ0) is 21.9. The average Bonchev–Trinajstić information content (AvgIpc) is 3.55. The highest BCUT2D eigenvalue weighted by molar-refractivity contribution is 5.89. The van der Waals surface area contributed by atoms with E-state index in [4.69, 9.17) is 4.74 Å². The molecule has 1 amide bonds. The van der Waals surface area contributed by atoms with Crippen molar-refractivity contribution >= 4 is 11.7 Å². The molecule has 1 fully saturated rings. The summed E-state index contributed by atoms with van der Waals surface area (Å²) in [6.45, 7) is 0.995. The van der Waals surface area contributed by atoms with Gasteiger partial charge in [0.05, 0.1) is 0 Å². The van der Waals surface area contributed by atoms with Crippen molar-refractivity contribution in [2.75, 3.05) is 13.2 Å². The molecule has 5 nitrogen and oxygen atoms in total. The van der Waals surface area contributed by atoms with Crippen LogP contribution < -0.4 is 10.1 Å². The lowest BCUT2D eigenvalue weighted by molar-refractivity contribution is -0.121. The molecule has 0 aromatic heterocycles. The largest absolute Gasteiger partial charge is 0.491 e. The van der Waals surface area contributed by atoms with E-state index in [9.17, 15) is 14.7 Å². The van der Waals surface area contributed by atoms with E-state index in [2.05, 4.69) is 11.4 Å². The maximum Gasteiger partial charge on any atom is 0.220 e. The van der Waals surface area contributed by atoms with Crippen molar-refractivity contribution in [1.29, 1.82) is 0 Å². The summed E-state index contributed by atoms with van der Waals surface area (Å²) in [5.41, 5.74) is 0.952. The molecule has 0 saturated heterocycles. The van der Waals surface area contributed by atoms with Gasteiger partial charge in [0.1, 0.15) is 24.2 Å². The minimum absolute atomic E-state index is 0.136. The fraction of sp³-hybridized carbons (Fsp3) is 0.462. The summed E-state index contributed by atoms with van der Waals surface area (Å²) in [6, 6.07) is 9.37. The van der Waals surface area contributed by atoms with Crippen molar-refractivity contribution in [2.45, 2.75) is 51.0 Å². The van der Waals surface area contributed by atoms with E-state index in [1.54, 1.807) is 6.08 Å². The molecule has 0 bridgehead atoms. The minimum Gasteiger partial charge on any atom is -0.491 e. The number of nitrogens with one attached hydrogen (secondary N) is 1. The lowest BCUT2D eigenvalue weighted by Gasteiger charge is -2.11. The first-order chi connectivity index (χ1) is 15.1. The number of aliphatic hydroxyl groups excluding tert-OH is 1. The quantitative estimate of drug-likeness (QED) is 0.369. The monoisotopic (exact) mass is 423 g/mol. The Morgan fingerprint density at radius 3 is 2.81 bits per heavy atom. The second-order valence-corrected chi connectivity index (χ2v) is 8.32. The van der Waals surface area contributed by atoms with Crippen LogP contribution in [0.25, 0.3) is 0 Å². The zero-order valence-corrected chi connectivity index (χ0v) is 18.0. The number of para-hydroxylation sites is 1. The number of benzene rings is 1. The molecule has 2 aliphatic rings. The summed E-state index contributed by atoms with van der Waals surface area (Å²) in [5.74, 6) is 1.61. The van der Waals surface area contributed by atoms with Crippen LogP contribution in [0, 0.1) is 11.8 Å². The first-order valence-electron chi connectivity index (χ1n) is 11.3. The van der Waals surface area contributed by atoms with Crippen molar-refractivity contribution in [3.8, 4) is 5.75 Å². The van der Waals surface area contributed by atoms with Crippen LogP contribution >= 0.6 is 0 Å². The summed E-state index contributed by atoms with van der Waals surface area (Å²) in [5, 5.41) is 13.1. The lowest BCUT2D eigenvalue weighted by atomic mass is 9.95. The van der Waals surface area contributed by atoms with Gasteiger partial charge in [-0.3, -0.25) is 9.59 Å².